The van der Waals surface area contributed by atoms with Gasteiger partial charge in [0, 0.05) is 30.5 Å². The minimum atomic E-state index is -0.127. The Kier molecular flexibility index (Phi) is 5.85. The summed E-state index contributed by atoms with van der Waals surface area (Å²) in [4.78, 5) is 14.6. The summed E-state index contributed by atoms with van der Waals surface area (Å²) < 4.78 is 3.67. The van der Waals surface area contributed by atoms with Crippen LogP contribution in [-0.2, 0) is 19.5 Å². The highest BCUT2D eigenvalue weighted by atomic mass is 16.2. The largest absolute Gasteiger partial charge is 0.322 e. The molecular weight excluding hydrogens is 342 g/mol. The fraction of sp³-hybridized carbons (Fsp3) is 0.368. The van der Waals surface area contributed by atoms with Crippen LogP contribution in [0.3, 0.4) is 0 Å². The van der Waals surface area contributed by atoms with Crippen molar-refractivity contribution in [1.29, 1.82) is 0 Å². The Morgan fingerprint density at radius 1 is 1.19 bits per heavy atom. The number of rotatable bonds is 7. The third kappa shape index (κ3) is 4.33. The van der Waals surface area contributed by atoms with Gasteiger partial charge in [-0.2, -0.15) is 5.10 Å². The predicted molar refractivity (Wildman–Crippen MR) is 104 cm³/mol. The number of aromatic nitrogens is 5. The molecule has 0 aliphatic rings. The van der Waals surface area contributed by atoms with Gasteiger partial charge in [0.15, 0.2) is 0 Å². The number of carbonyl (C=O) groups excluding carboxylic acids is 1. The molecule has 142 valence electrons. The Balaban J connectivity index is 1.77. The molecule has 2 heterocycles. The highest BCUT2D eigenvalue weighted by Crippen LogP contribution is 2.21. The molecular formula is C19H25N7O. The van der Waals surface area contributed by atoms with E-state index in [0.717, 1.165) is 35.5 Å². The first-order valence-corrected chi connectivity index (χ1v) is 9.19. The molecule has 0 radical (unpaired) electrons. The van der Waals surface area contributed by atoms with Crippen molar-refractivity contribution < 1.29 is 4.79 Å². The molecule has 0 aliphatic heterocycles. The van der Waals surface area contributed by atoms with Crippen molar-refractivity contribution in [1.82, 2.24) is 29.4 Å². The van der Waals surface area contributed by atoms with Gasteiger partial charge in [0.1, 0.15) is 12.7 Å². The quantitative estimate of drug-likeness (QED) is 0.696. The average molecular weight is 367 g/mol. The molecule has 2 amide bonds. The van der Waals surface area contributed by atoms with Gasteiger partial charge in [-0.15, -0.1) is 10.2 Å². The first-order chi connectivity index (χ1) is 13.1. The summed E-state index contributed by atoms with van der Waals surface area (Å²) in [7, 11) is 0. The highest BCUT2D eigenvalue weighted by molar-refractivity contribution is 5.90. The van der Waals surface area contributed by atoms with Gasteiger partial charge in [0.05, 0.1) is 18.4 Å². The van der Waals surface area contributed by atoms with Crippen molar-refractivity contribution in [3.8, 4) is 5.69 Å². The number of nitrogens with one attached hydrogen (secondary N) is 1. The van der Waals surface area contributed by atoms with Crippen LogP contribution >= 0.6 is 0 Å². The molecule has 0 atom stereocenters. The third-order valence-corrected chi connectivity index (χ3v) is 4.49. The molecule has 8 heteroatoms. The van der Waals surface area contributed by atoms with Gasteiger partial charge < -0.3 is 10.2 Å². The molecule has 8 nitrogen and oxygen atoms in total. The lowest BCUT2D eigenvalue weighted by Crippen LogP contribution is -2.34. The van der Waals surface area contributed by atoms with E-state index < -0.39 is 0 Å². The lowest BCUT2D eigenvalue weighted by Gasteiger charge is -2.22. The summed E-state index contributed by atoms with van der Waals surface area (Å²) in [5, 5.41) is 15.0. The van der Waals surface area contributed by atoms with E-state index in [4.69, 9.17) is 0 Å². The van der Waals surface area contributed by atoms with Crippen LogP contribution in [0.25, 0.3) is 5.69 Å². The summed E-state index contributed by atoms with van der Waals surface area (Å²) in [6, 6.07) is 5.83. The topological polar surface area (TPSA) is 80.9 Å². The summed E-state index contributed by atoms with van der Waals surface area (Å²) in [5.41, 5.74) is 3.80. The smallest absolute Gasteiger partial charge is 0.320 e. The molecule has 3 rings (SSSR count). The van der Waals surface area contributed by atoms with Crippen molar-refractivity contribution >= 4 is 11.7 Å². The van der Waals surface area contributed by atoms with E-state index in [-0.39, 0.29) is 6.03 Å². The molecule has 0 unspecified atom stereocenters. The average Bonchev–Trinajstić information content (AvgIpc) is 3.37. The van der Waals surface area contributed by atoms with E-state index in [0.29, 0.717) is 13.1 Å². The van der Waals surface area contributed by atoms with E-state index in [1.165, 1.54) is 0 Å². The van der Waals surface area contributed by atoms with Crippen LogP contribution in [0.4, 0.5) is 10.5 Å². The van der Waals surface area contributed by atoms with Gasteiger partial charge in [-0.3, -0.25) is 9.25 Å². The Bertz CT molecular complexity index is 885. The number of aryl methyl sites for hydroxylation is 2. The maximum Gasteiger partial charge on any atom is 0.322 e. The SMILES string of the molecule is CCc1ccc(-n2cnnc2)cc1NC(=O)N(CC)Cc1cnn(CC)c1. The lowest BCUT2D eigenvalue weighted by atomic mass is 10.1. The van der Waals surface area contributed by atoms with Crippen LogP contribution in [0.1, 0.15) is 31.9 Å². The molecule has 0 spiro atoms. The number of carbonyl (C=O) groups is 1. The number of hydrogen-bond donors (Lipinski definition) is 1. The standard InChI is InChI=1S/C19H25N7O/c1-4-16-7-8-17(25-13-20-21-14-25)9-18(16)23-19(27)24(5-2)11-15-10-22-26(6-3)12-15/h7-10,12-14H,4-6,11H2,1-3H3,(H,23,27). The van der Waals surface area contributed by atoms with Gasteiger partial charge >= 0.3 is 6.03 Å². The van der Waals surface area contributed by atoms with Crippen molar-refractivity contribution in [2.24, 2.45) is 0 Å². The van der Waals surface area contributed by atoms with E-state index in [1.54, 1.807) is 17.6 Å². The van der Waals surface area contributed by atoms with Crippen LogP contribution in [0, 0.1) is 0 Å². The van der Waals surface area contributed by atoms with Crippen molar-refractivity contribution in [2.45, 2.75) is 40.3 Å². The van der Waals surface area contributed by atoms with Gasteiger partial charge in [0.25, 0.3) is 0 Å². The van der Waals surface area contributed by atoms with Crippen LogP contribution in [0.5, 0.6) is 0 Å². The minimum Gasteiger partial charge on any atom is -0.320 e. The van der Waals surface area contributed by atoms with Gasteiger partial charge in [-0.25, -0.2) is 4.79 Å². The number of anilines is 1. The molecule has 2 aromatic heterocycles. The monoisotopic (exact) mass is 367 g/mol. The Morgan fingerprint density at radius 2 is 1.96 bits per heavy atom. The third-order valence-electron chi connectivity index (χ3n) is 4.49. The summed E-state index contributed by atoms with van der Waals surface area (Å²) >= 11 is 0. The van der Waals surface area contributed by atoms with E-state index in [1.807, 2.05) is 53.7 Å². The van der Waals surface area contributed by atoms with E-state index >= 15 is 0 Å². The van der Waals surface area contributed by atoms with Crippen LogP contribution in [0.2, 0.25) is 0 Å². The number of benzene rings is 1. The lowest BCUT2D eigenvalue weighted by molar-refractivity contribution is 0.212. The maximum atomic E-state index is 12.8. The first kappa shape index (κ1) is 18.6. The van der Waals surface area contributed by atoms with Crippen LogP contribution in [-0.4, -0.2) is 42.0 Å². The summed E-state index contributed by atoms with van der Waals surface area (Å²) in [5.74, 6) is 0. The van der Waals surface area contributed by atoms with Crippen molar-refractivity contribution in [3.05, 3.63) is 54.4 Å². The Hall–Kier alpha value is -3.16. The number of nitrogens with zero attached hydrogens (tertiary/aromatic N) is 6. The summed E-state index contributed by atoms with van der Waals surface area (Å²) in [6.45, 7) is 8.02. The molecule has 0 fully saturated rings. The molecule has 1 N–H and O–H groups in total. The zero-order valence-corrected chi connectivity index (χ0v) is 16.0. The number of hydrogen-bond acceptors (Lipinski definition) is 4. The second-order valence-corrected chi connectivity index (χ2v) is 6.21. The molecule has 0 saturated carbocycles. The minimum absolute atomic E-state index is 0.127. The Labute approximate surface area is 158 Å². The molecule has 0 bridgehead atoms. The van der Waals surface area contributed by atoms with Crippen molar-refractivity contribution in [2.75, 3.05) is 11.9 Å². The first-order valence-electron chi connectivity index (χ1n) is 9.19. The van der Waals surface area contributed by atoms with Gasteiger partial charge in [0.2, 0.25) is 0 Å². The molecule has 1 aromatic carbocycles. The summed E-state index contributed by atoms with van der Waals surface area (Å²) in [6.07, 6.45) is 7.88. The number of amides is 2. The van der Waals surface area contributed by atoms with Gasteiger partial charge in [-0.05, 0) is 38.0 Å². The molecule has 3 aromatic rings. The molecule has 27 heavy (non-hydrogen) atoms. The Morgan fingerprint density at radius 3 is 2.59 bits per heavy atom. The molecule has 0 saturated heterocycles. The fourth-order valence-corrected chi connectivity index (χ4v) is 2.89. The zero-order chi connectivity index (χ0) is 19.2. The van der Waals surface area contributed by atoms with E-state index in [2.05, 4.69) is 27.5 Å². The number of urea groups is 1. The van der Waals surface area contributed by atoms with E-state index in [9.17, 15) is 4.79 Å². The second kappa shape index (κ2) is 8.48. The second-order valence-electron chi connectivity index (χ2n) is 6.21. The van der Waals surface area contributed by atoms with Gasteiger partial charge in [-0.1, -0.05) is 13.0 Å². The normalized spacial score (nSPS) is 10.8. The predicted octanol–water partition coefficient (Wildman–Crippen LogP) is 3.10. The maximum absolute atomic E-state index is 12.8. The van der Waals surface area contributed by atoms with Crippen LogP contribution < -0.4 is 5.32 Å². The zero-order valence-electron chi connectivity index (χ0n) is 16.0. The highest BCUT2D eigenvalue weighted by Gasteiger charge is 2.15. The van der Waals surface area contributed by atoms with Crippen molar-refractivity contribution in [3.63, 3.8) is 0 Å². The van der Waals surface area contributed by atoms with Crippen LogP contribution in [0.15, 0.2) is 43.2 Å². The molecule has 0 aliphatic carbocycles. The fourth-order valence-electron chi connectivity index (χ4n) is 2.89.